The minimum Gasteiger partial charge on any atom is -0.460 e. The van der Waals surface area contributed by atoms with E-state index in [-0.39, 0.29) is 47.5 Å². The number of carbonyl (C=O) groups is 3. The Labute approximate surface area is 298 Å². The van der Waals surface area contributed by atoms with Gasteiger partial charge in [-0.1, -0.05) is 34.1 Å². The number of ketones is 1. The van der Waals surface area contributed by atoms with Gasteiger partial charge in [-0.15, -0.1) is 11.3 Å². The van der Waals surface area contributed by atoms with Crippen molar-refractivity contribution in [2.75, 3.05) is 13.2 Å². The molecule has 0 spiro atoms. The van der Waals surface area contributed by atoms with Gasteiger partial charge in [0.25, 0.3) is 0 Å². The number of aliphatic hydroxyl groups is 1. The maximum atomic E-state index is 14.0. The van der Waals surface area contributed by atoms with E-state index in [9.17, 15) is 19.5 Å². The minimum atomic E-state index is -1.30. The molecule has 0 bridgehead atoms. The van der Waals surface area contributed by atoms with Crippen molar-refractivity contribution in [3.8, 4) is 0 Å². The second-order valence-corrected chi connectivity index (χ2v) is 17.7. The molecule has 0 unspecified atom stereocenters. The molecule has 0 amide bonds. The molecule has 2 aliphatic heterocycles. The van der Waals surface area contributed by atoms with Gasteiger partial charge < -0.3 is 29.4 Å². The number of thiazole rings is 1. The highest BCUT2D eigenvalue weighted by Crippen LogP contribution is 2.45. The fourth-order valence-electron chi connectivity index (χ4n) is 6.48. The number of ether oxygens (including phenoxy) is 4. The van der Waals surface area contributed by atoms with E-state index in [1.807, 2.05) is 66.8 Å². The fourth-order valence-corrected chi connectivity index (χ4v) is 7.05. The summed E-state index contributed by atoms with van der Waals surface area (Å²) in [6.07, 6.45) is 2.35. The van der Waals surface area contributed by atoms with Gasteiger partial charge in [-0.2, -0.15) is 0 Å². The molecule has 3 heterocycles. The summed E-state index contributed by atoms with van der Waals surface area (Å²) in [5, 5.41) is 17.5. The maximum Gasteiger partial charge on any atom is 0.320 e. The first-order valence-electron chi connectivity index (χ1n) is 17.8. The minimum absolute atomic E-state index is 0.0186. The monoisotopic (exact) mass is 706 g/mol. The molecule has 2 saturated heterocycles. The third kappa shape index (κ3) is 12.2. The number of hydrogen-bond donors (Lipinski definition) is 2. The number of aliphatic hydroxyl groups excluding tert-OH is 1. The number of cyclic esters (lactones) is 1. The summed E-state index contributed by atoms with van der Waals surface area (Å²) < 4.78 is 24.1. The van der Waals surface area contributed by atoms with Crippen molar-refractivity contribution in [1.82, 2.24) is 10.3 Å². The molecule has 0 aliphatic carbocycles. The lowest BCUT2D eigenvalue weighted by atomic mass is 9.72. The summed E-state index contributed by atoms with van der Waals surface area (Å²) in [7, 11) is 0. The largest absolute Gasteiger partial charge is 0.460 e. The number of aromatic nitrogens is 1. The molecule has 2 N–H and O–H groups in total. The van der Waals surface area contributed by atoms with Crippen LogP contribution in [0.25, 0.3) is 6.08 Å². The zero-order valence-electron chi connectivity index (χ0n) is 31.9. The van der Waals surface area contributed by atoms with E-state index in [4.69, 9.17) is 18.9 Å². The van der Waals surface area contributed by atoms with Crippen LogP contribution < -0.4 is 5.32 Å². The molecule has 0 saturated carbocycles. The highest BCUT2D eigenvalue weighted by atomic mass is 32.1. The van der Waals surface area contributed by atoms with Crippen LogP contribution in [0.5, 0.6) is 0 Å². The first-order valence-corrected chi connectivity index (χ1v) is 18.7. The number of esters is 2. The van der Waals surface area contributed by atoms with E-state index < -0.39 is 41.6 Å². The molecule has 2 aliphatic rings. The number of nitrogens with zero attached hydrogens (tertiary/aromatic N) is 1. The Balaban J connectivity index is 1.77. The Morgan fingerprint density at radius 3 is 2.47 bits per heavy atom. The summed E-state index contributed by atoms with van der Waals surface area (Å²) in [5.74, 6) is -2.18. The van der Waals surface area contributed by atoms with Gasteiger partial charge in [-0.05, 0) is 92.2 Å². The quantitative estimate of drug-likeness (QED) is 0.214. The lowest BCUT2D eigenvalue weighted by Crippen LogP contribution is -2.48. The van der Waals surface area contributed by atoms with E-state index in [0.717, 1.165) is 29.1 Å². The first kappa shape index (κ1) is 41.2. The Hall–Kier alpha value is -2.18. The van der Waals surface area contributed by atoms with Crippen LogP contribution in [-0.2, 0) is 33.3 Å². The van der Waals surface area contributed by atoms with Crippen LogP contribution in [0.3, 0.4) is 0 Å². The molecule has 2 fully saturated rings. The third-order valence-electron chi connectivity index (χ3n) is 10.1. The number of hydrogen-bond acceptors (Lipinski definition) is 11. The number of aryl methyl sites for hydroxylation is 1. The number of rotatable bonds is 9. The van der Waals surface area contributed by atoms with Crippen LogP contribution in [0.1, 0.15) is 125 Å². The van der Waals surface area contributed by atoms with Crippen LogP contribution in [0.15, 0.2) is 11.0 Å². The van der Waals surface area contributed by atoms with E-state index in [1.54, 1.807) is 32.1 Å². The SMILES string of the molecule is C/C(=C\c1csc(C)n1)[C@@H]1C[C@@H]2O[C@]2(C)CCC[C@H](C)[C@H](OC(=O)CNC(C)(C)CCOC(C)(C)C)[C@@H](C)C(=O)C(C)(C)[C@@H](O)CC(=O)O1. The Morgan fingerprint density at radius 1 is 1.18 bits per heavy atom. The lowest BCUT2D eigenvalue weighted by Gasteiger charge is -2.36. The zero-order chi connectivity index (χ0) is 36.9. The average Bonchev–Trinajstić information content (AvgIpc) is 3.42. The van der Waals surface area contributed by atoms with Crippen molar-refractivity contribution in [3.05, 3.63) is 21.7 Å². The van der Waals surface area contributed by atoms with Gasteiger partial charge in [0.15, 0.2) is 0 Å². The third-order valence-corrected chi connectivity index (χ3v) is 10.9. The number of nitrogens with one attached hydrogen (secondary N) is 1. The van der Waals surface area contributed by atoms with Crippen LogP contribution in [0.2, 0.25) is 0 Å². The Kier molecular flexibility index (Phi) is 13.8. The highest BCUT2D eigenvalue weighted by Gasteiger charge is 2.53. The number of carbonyl (C=O) groups excluding carboxylic acids is 3. The van der Waals surface area contributed by atoms with Crippen LogP contribution in [0, 0.1) is 24.2 Å². The van der Waals surface area contributed by atoms with E-state index in [0.29, 0.717) is 25.9 Å². The molecule has 10 nitrogen and oxygen atoms in total. The second-order valence-electron chi connectivity index (χ2n) is 16.7. The van der Waals surface area contributed by atoms with Gasteiger partial charge in [-0.3, -0.25) is 14.4 Å². The van der Waals surface area contributed by atoms with Gasteiger partial charge in [0.05, 0.1) is 58.4 Å². The molecule has 278 valence electrons. The standard InChI is InChI=1S/C38H62N2O8S/c1-23-14-13-15-38(12)30(48-38)19-28(24(2)18-27-22-49-26(4)40-27)46-31(42)20-29(41)37(10,11)34(44)25(3)33(23)47-32(43)21-39-36(8,9)16-17-45-35(5,6)7/h18,22-23,25,28-30,33,39,41H,13-17,19-21H2,1-12H3/b24-18+/t23-,25+,28-,29-,30-,33-,38+/m0/s1. The summed E-state index contributed by atoms with van der Waals surface area (Å²) in [6.45, 7) is 23.5. The summed E-state index contributed by atoms with van der Waals surface area (Å²) >= 11 is 1.55. The van der Waals surface area contributed by atoms with Gasteiger partial charge in [-0.25, -0.2) is 4.98 Å². The van der Waals surface area contributed by atoms with E-state index in [2.05, 4.69) is 17.2 Å². The second kappa shape index (κ2) is 16.4. The normalized spacial score (nSPS) is 30.8. The average molecular weight is 707 g/mol. The first-order chi connectivity index (χ1) is 22.5. The summed E-state index contributed by atoms with van der Waals surface area (Å²) in [6, 6.07) is 0. The van der Waals surface area contributed by atoms with Crippen LogP contribution >= 0.6 is 11.3 Å². The molecule has 7 atom stereocenters. The maximum absolute atomic E-state index is 14.0. The number of Topliss-reactive ketones (excluding diaryl/α,β-unsaturated/α-hetero) is 1. The van der Waals surface area contributed by atoms with Crippen molar-refractivity contribution in [3.63, 3.8) is 0 Å². The van der Waals surface area contributed by atoms with Gasteiger partial charge in [0.2, 0.25) is 0 Å². The van der Waals surface area contributed by atoms with Crippen molar-refractivity contribution in [1.29, 1.82) is 0 Å². The fraction of sp³-hybridized carbons (Fsp3) is 0.789. The van der Waals surface area contributed by atoms with Gasteiger partial charge in [0.1, 0.15) is 18.0 Å². The zero-order valence-corrected chi connectivity index (χ0v) is 32.8. The van der Waals surface area contributed by atoms with Crippen molar-refractivity contribution in [2.24, 2.45) is 17.3 Å². The predicted octanol–water partition coefficient (Wildman–Crippen LogP) is 6.60. The molecular formula is C38H62N2O8S. The van der Waals surface area contributed by atoms with Gasteiger partial charge >= 0.3 is 11.9 Å². The van der Waals surface area contributed by atoms with E-state index in [1.165, 1.54) is 0 Å². The topological polar surface area (TPSA) is 137 Å². The Bertz CT molecular complexity index is 1330. The van der Waals surface area contributed by atoms with Crippen LogP contribution in [0.4, 0.5) is 0 Å². The summed E-state index contributed by atoms with van der Waals surface area (Å²) in [5.41, 5.74) is -0.654. The predicted molar refractivity (Wildman–Crippen MR) is 192 cm³/mol. The molecule has 1 aromatic rings. The lowest BCUT2D eigenvalue weighted by molar-refractivity contribution is -0.160. The highest BCUT2D eigenvalue weighted by molar-refractivity contribution is 7.09. The summed E-state index contributed by atoms with van der Waals surface area (Å²) in [4.78, 5) is 45.1. The molecule has 0 radical (unpaired) electrons. The van der Waals surface area contributed by atoms with Crippen molar-refractivity contribution in [2.45, 2.75) is 163 Å². The smallest absolute Gasteiger partial charge is 0.320 e. The van der Waals surface area contributed by atoms with Crippen molar-refractivity contribution < 1.29 is 38.4 Å². The number of epoxide rings is 1. The molecule has 1 aromatic heterocycles. The molecule has 11 heteroatoms. The van der Waals surface area contributed by atoms with Crippen LogP contribution in [-0.4, -0.2) is 82.1 Å². The molecule has 49 heavy (non-hydrogen) atoms. The molecule has 3 rings (SSSR count). The molecule has 0 aromatic carbocycles. The number of fused-ring (bicyclic) bond motifs is 1. The Morgan fingerprint density at radius 2 is 1.86 bits per heavy atom. The van der Waals surface area contributed by atoms with Gasteiger partial charge in [0, 0.05) is 23.9 Å². The molecular weight excluding hydrogens is 644 g/mol. The van der Waals surface area contributed by atoms with E-state index >= 15 is 0 Å². The van der Waals surface area contributed by atoms with Crippen molar-refractivity contribution >= 4 is 35.1 Å².